The summed E-state index contributed by atoms with van der Waals surface area (Å²) in [5.41, 5.74) is 7.15. The molecule has 0 aliphatic heterocycles. The summed E-state index contributed by atoms with van der Waals surface area (Å²) in [7, 11) is -3.29. The summed E-state index contributed by atoms with van der Waals surface area (Å²) in [5.74, 6) is -0.0101. The van der Waals surface area contributed by atoms with Crippen molar-refractivity contribution in [3.05, 3.63) is 66.2 Å². The molecule has 0 aliphatic rings. The summed E-state index contributed by atoms with van der Waals surface area (Å²) < 4.78 is 24.3. The minimum absolute atomic E-state index is 0. The van der Waals surface area contributed by atoms with Gasteiger partial charge in [0.2, 0.25) is 0 Å². The van der Waals surface area contributed by atoms with Gasteiger partial charge in [-0.1, -0.05) is 48.5 Å². The molecule has 0 fully saturated rings. The van der Waals surface area contributed by atoms with Crippen LogP contribution in [-0.4, -0.2) is 20.2 Å². The fourth-order valence-corrected chi connectivity index (χ4v) is 3.58. The average Bonchev–Trinajstić information content (AvgIpc) is 2.47. The number of hydrogen-bond acceptors (Lipinski definition) is 3. The predicted molar refractivity (Wildman–Crippen MR) is 88.5 cm³/mol. The Morgan fingerprint density at radius 1 is 0.905 bits per heavy atom. The summed E-state index contributed by atoms with van der Waals surface area (Å²) in [6.07, 6.45) is 1.46. The fraction of sp³-hybridized carbons (Fsp3) is 0.250. The third-order valence-electron chi connectivity index (χ3n) is 3.18. The lowest BCUT2D eigenvalue weighted by atomic mass is 10.1. The number of hydrogen-bond donors (Lipinski definition) is 1. The quantitative estimate of drug-likeness (QED) is 0.888. The lowest BCUT2D eigenvalue weighted by molar-refractivity contribution is 0.579. The molecule has 2 aromatic carbocycles. The molecular weight excluding hydrogens is 306 g/mol. The maximum atomic E-state index is 12.2. The molecule has 1 atom stereocenters. The van der Waals surface area contributed by atoms with Gasteiger partial charge in [-0.3, -0.25) is 0 Å². The van der Waals surface area contributed by atoms with E-state index in [1.54, 1.807) is 30.3 Å². The van der Waals surface area contributed by atoms with Crippen LogP contribution in [0.1, 0.15) is 12.0 Å². The Kier molecular flexibility index (Phi) is 6.89. The van der Waals surface area contributed by atoms with Gasteiger partial charge < -0.3 is 5.73 Å². The van der Waals surface area contributed by atoms with Crippen LogP contribution in [0, 0.1) is 0 Å². The summed E-state index contributed by atoms with van der Waals surface area (Å²) in [6.45, 7) is 0. The van der Waals surface area contributed by atoms with Gasteiger partial charge in [0.15, 0.2) is 9.84 Å². The van der Waals surface area contributed by atoms with E-state index in [-0.39, 0.29) is 24.2 Å². The Hall–Kier alpha value is -1.36. The maximum Gasteiger partial charge on any atom is 0.179 e. The molecule has 0 radical (unpaired) electrons. The first-order valence-electron chi connectivity index (χ1n) is 6.65. The van der Waals surface area contributed by atoms with E-state index in [0.29, 0.717) is 11.3 Å². The Balaban J connectivity index is 0.00000220. The van der Waals surface area contributed by atoms with Crippen molar-refractivity contribution in [2.45, 2.75) is 23.8 Å². The average molecular weight is 326 g/mol. The Morgan fingerprint density at radius 3 is 2.00 bits per heavy atom. The van der Waals surface area contributed by atoms with Crippen LogP contribution in [0.4, 0.5) is 0 Å². The summed E-state index contributed by atoms with van der Waals surface area (Å²) >= 11 is 0. The molecular formula is C16H20ClNO2S. The minimum Gasteiger partial charge on any atom is -0.327 e. The Bertz CT molecular complexity index is 630. The van der Waals surface area contributed by atoms with Gasteiger partial charge in [-0.15, -0.1) is 12.4 Å². The summed E-state index contributed by atoms with van der Waals surface area (Å²) in [6, 6.07) is 18.1. The second kappa shape index (κ2) is 8.17. The first kappa shape index (κ1) is 17.7. The van der Waals surface area contributed by atoms with Crippen LogP contribution in [0.5, 0.6) is 0 Å². The van der Waals surface area contributed by atoms with Crippen molar-refractivity contribution in [2.75, 3.05) is 5.75 Å². The lowest BCUT2D eigenvalue weighted by Gasteiger charge is -2.12. The number of rotatable bonds is 6. The van der Waals surface area contributed by atoms with Gasteiger partial charge in [0.25, 0.3) is 0 Å². The van der Waals surface area contributed by atoms with Gasteiger partial charge in [0.1, 0.15) is 0 Å². The van der Waals surface area contributed by atoms with Crippen LogP contribution in [0.25, 0.3) is 0 Å². The van der Waals surface area contributed by atoms with E-state index in [1.807, 2.05) is 30.3 Å². The Morgan fingerprint density at radius 2 is 1.43 bits per heavy atom. The van der Waals surface area contributed by atoms with Crippen molar-refractivity contribution in [3.63, 3.8) is 0 Å². The minimum atomic E-state index is -3.29. The van der Waals surface area contributed by atoms with E-state index >= 15 is 0 Å². The monoisotopic (exact) mass is 325 g/mol. The predicted octanol–water partition coefficient (Wildman–Crippen LogP) is 2.84. The van der Waals surface area contributed by atoms with Gasteiger partial charge >= 0.3 is 0 Å². The van der Waals surface area contributed by atoms with Gasteiger partial charge in [-0.05, 0) is 30.5 Å². The van der Waals surface area contributed by atoms with Crippen LogP contribution in [0.3, 0.4) is 0 Å². The molecule has 2 N–H and O–H groups in total. The number of nitrogens with two attached hydrogens (primary N) is 1. The molecule has 0 unspecified atom stereocenters. The molecule has 0 amide bonds. The van der Waals surface area contributed by atoms with Crippen LogP contribution in [0.2, 0.25) is 0 Å². The van der Waals surface area contributed by atoms with E-state index < -0.39 is 9.84 Å². The largest absolute Gasteiger partial charge is 0.327 e. The van der Waals surface area contributed by atoms with Crippen molar-refractivity contribution >= 4 is 22.2 Å². The van der Waals surface area contributed by atoms with Crippen LogP contribution in [-0.2, 0) is 16.3 Å². The van der Waals surface area contributed by atoms with Crippen LogP contribution in [0.15, 0.2) is 65.6 Å². The van der Waals surface area contributed by atoms with Crippen molar-refractivity contribution in [1.29, 1.82) is 0 Å². The summed E-state index contributed by atoms with van der Waals surface area (Å²) in [5, 5.41) is 0. The van der Waals surface area contributed by atoms with E-state index in [1.165, 1.54) is 5.56 Å². The molecule has 0 aliphatic carbocycles. The van der Waals surface area contributed by atoms with E-state index in [2.05, 4.69) is 0 Å². The lowest BCUT2D eigenvalue weighted by Crippen LogP contribution is -2.30. The van der Waals surface area contributed by atoms with Gasteiger partial charge in [-0.2, -0.15) is 0 Å². The maximum absolute atomic E-state index is 12.2. The topological polar surface area (TPSA) is 60.2 Å². The molecule has 0 heterocycles. The molecule has 0 saturated carbocycles. The van der Waals surface area contributed by atoms with E-state index in [9.17, 15) is 8.42 Å². The van der Waals surface area contributed by atoms with E-state index in [4.69, 9.17) is 5.73 Å². The van der Waals surface area contributed by atoms with Gasteiger partial charge in [-0.25, -0.2) is 8.42 Å². The molecule has 21 heavy (non-hydrogen) atoms. The highest BCUT2D eigenvalue weighted by Crippen LogP contribution is 2.13. The first-order chi connectivity index (χ1) is 9.58. The van der Waals surface area contributed by atoms with Crippen molar-refractivity contribution in [2.24, 2.45) is 5.73 Å². The van der Waals surface area contributed by atoms with E-state index in [0.717, 1.165) is 6.42 Å². The molecule has 5 heteroatoms. The van der Waals surface area contributed by atoms with Crippen molar-refractivity contribution < 1.29 is 8.42 Å². The molecule has 0 bridgehead atoms. The highest BCUT2D eigenvalue weighted by atomic mass is 35.5. The number of sulfone groups is 1. The van der Waals surface area contributed by atoms with Crippen molar-refractivity contribution in [1.82, 2.24) is 0 Å². The van der Waals surface area contributed by atoms with Crippen LogP contribution >= 0.6 is 12.4 Å². The zero-order valence-corrected chi connectivity index (χ0v) is 13.3. The number of halogens is 1. The standard InChI is InChI=1S/C16H19NO2S.ClH/c17-15(12-11-14-7-3-1-4-8-14)13-20(18,19)16-9-5-2-6-10-16;/h1-10,15H,11-13,17H2;1H/t15-;/m0./s1. The zero-order chi connectivity index (χ0) is 14.4. The van der Waals surface area contributed by atoms with Crippen molar-refractivity contribution in [3.8, 4) is 0 Å². The second-order valence-electron chi connectivity index (χ2n) is 4.88. The number of benzene rings is 2. The third-order valence-corrected chi connectivity index (χ3v) is 5.04. The summed E-state index contributed by atoms with van der Waals surface area (Å²) in [4.78, 5) is 0.343. The molecule has 0 aromatic heterocycles. The fourth-order valence-electron chi connectivity index (χ4n) is 2.09. The number of aryl methyl sites for hydroxylation is 1. The molecule has 114 valence electrons. The second-order valence-corrected chi connectivity index (χ2v) is 6.91. The SMILES string of the molecule is Cl.N[C@@H](CCc1ccccc1)CS(=O)(=O)c1ccccc1. The van der Waals surface area contributed by atoms with Crippen LogP contribution < -0.4 is 5.73 Å². The molecule has 2 aromatic rings. The smallest absolute Gasteiger partial charge is 0.179 e. The highest BCUT2D eigenvalue weighted by molar-refractivity contribution is 7.91. The molecule has 0 saturated heterocycles. The van der Waals surface area contributed by atoms with Gasteiger partial charge in [0, 0.05) is 6.04 Å². The molecule has 0 spiro atoms. The third kappa shape index (κ3) is 5.50. The molecule has 3 nitrogen and oxygen atoms in total. The molecule has 2 rings (SSSR count). The normalized spacial score (nSPS) is 12.4. The first-order valence-corrected chi connectivity index (χ1v) is 8.30. The zero-order valence-electron chi connectivity index (χ0n) is 11.7. The highest BCUT2D eigenvalue weighted by Gasteiger charge is 2.18. The van der Waals surface area contributed by atoms with Gasteiger partial charge in [0.05, 0.1) is 10.6 Å². The Labute approximate surface area is 132 Å².